The number of nitrogens with zero attached hydrogens (tertiary/aromatic N) is 1. The Labute approximate surface area is 119 Å². The van der Waals surface area contributed by atoms with E-state index in [1.165, 1.54) is 0 Å². The molecule has 0 saturated carbocycles. The largest absolute Gasteiger partial charge is 0.399 e. The van der Waals surface area contributed by atoms with Gasteiger partial charge in [-0.2, -0.15) is 0 Å². The van der Waals surface area contributed by atoms with Crippen LogP contribution in [0.3, 0.4) is 0 Å². The van der Waals surface area contributed by atoms with E-state index in [-0.39, 0.29) is 5.91 Å². The number of hydrogen-bond acceptors (Lipinski definition) is 3. The molecule has 0 fully saturated rings. The average Bonchev–Trinajstić information content (AvgIpc) is 2.38. The quantitative estimate of drug-likeness (QED) is 0.842. The molecule has 104 valence electrons. The second kappa shape index (κ2) is 5.65. The first kappa shape index (κ1) is 13.9. The van der Waals surface area contributed by atoms with Gasteiger partial charge in [0.25, 0.3) is 5.91 Å². The van der Waals surface area contributed by atoms with Crippen molar-refractivity contribution in [3.05, 3.63) is 53.6 Å². The van der Waals surface area contributed by atoms with Gasteiger partial charge in [-0.25, -0.2) is 0 Å². The fraction of sp³-hybridized carbons (Fsp3) is 0.188. The van der Waals surface area contributed by atoms with Crippen LogP contribution in [-0.2, 0) is 0 Å². The summed E-state index contributed by atoms with van der Waals surface area (Å²) in [5.74, 6) is -0.126. The number of benzene rings is 2. The lowest BCUT2D eigenvalue weighted by molar-refractivity contribution is 0.102. The zero-order valence-electron chi connectivity index (χ0n) is 12.0. The number of nitrogens with one attached hydrogen (secondary N) is 1. The van der Waals surface area contributed by atoms with Crippen LogP contribution in [0.15, 0.2) is 42.5 Å². The molecule has 20 heavy (non-hydrogen) atoms. The Kier molecular flexibility index (Phi) is 3.94. The number of anilines is 3. The minimum absolute atomic E-state index is 0.126. The summed E-state index contributed by atoms with van der Waals surface area (Å²) in [5, 5.41) is 2.91. The van der Waals surface area contributed by atoms with Crippen LogP contribution in [0.5, 0.6) is 0 Å². The topological polar surface area (TPSA) is 58.4 Å². The zero-order valence-corrected chi connectivity index (χ0v) is 12.0. The highest BCUT2D eigenvalue weighted by Gasteiger charge is 2.09. The first-order valence-electron chi connectivity index (χ1n) is 6.42. The smallest absolute Gasteiger partial charge is 0.255 e. The second-order valence-electron chi connectivity index (χ2n) is 4.97. The van der Waals surface area contributed by atoms with Gasteiger partial charge in [0.15, 0.2) is 0 Å². The van der Waals surface area contributed by atoms with Crippen LogP contribution in [0.2, 0.25) is 0 Å². The highest BCUT2D eigenvalue weighted by molar-refractivity contribution is 6.05. The first-order valence-corrected chi connectivity index (χ1v) is 6.42. The van der Waals surface area contributed by atoms with Crippen LogP contribution < -0.4 is 16.0 Å². The number of carbonyl (C=O) groups excluding carboxylic acids is 1. The number of hydrogen-bond donors (Lipinski definition) is 2. The van der Waals surface area contributed by atoms with E-state index in [1.807, 2.05) is 50.2 Å². The molecule has 0 saturated heterocycles. The van der Waals surface area contributed by atoms with Crippen LogP contribution in [0.1, 0.15) is 15.9 Å². The molecule has 2 rings (SSSR count). The molecule has 0 heterocycles. The van der Waals surface area contributed by atoms with E-state index in [2.05, 4.69) is 5.32 Å². The molecule has 0 aliphatic heterocycles. The number of amides is 1. The van der Waals surface area contributed by atoms with E-state index in [4.69, 9.17) is 5.73 Å². The van der Waals surface area contributed by atoms with Crippen molar-refractivity contribution in [1.82, 2.24) is 0 Å². The lowest BCUT2D eigenvalue weighted by Crippen LogP contribution is -2.14. The van der Waals surface area contributed by atoms with Gasteiger partial charge in [-0.15, -0.1) is 0 Å². The van der Waals surface area contributed by atoms with E-state index in [9.17, 15) is 4.79 Å². The van der Waals surface area contributed by atoms with Gasteiger partial charge in [-0.05, 0) is 48.9 Å². The monoisotopic (exact) mass is 269 g/mol. The molecule has 0 spiro atoms. The number of aryl methyl sites for hydroxylation is 1. The Hall–Kier alpha value is -2.49. The Morgan fingerprint density at radius 1 is 1.15 bits per heavy atom. The molecule has 4 heteroatoms. The third-order valence-electron chi connectivity index (χ3n) is 3.12. The standard InChI is InChI=1S/C16H19N3O/c1-11-9-12(17)7-8-15(11)16(20)18-13-5-4-6-14(10-13)19(2)3/h4-10H,17H2,1-3H3,(H,18,20). The first-order chi connectivity index (χ1) is 9.47. The molecule has 0 aliphatic rings. The van der Waals surface area contributed by atoms with Crippen LogP contribution in [0, 0.1) is 6.92 Å². The Balaban J connectivity index is 2.21. The normalized spacial score (nSPS) is 10.2. The zero-order chi connectivity index (χ0) is 14.7. The molecule has 0 unspecified atom stereocenters. The van der Waals surface area contributed by atoms with Gasteiger partial charge < -0.3 is 16.0 Å². The van der Waals surface area contributed by atoms with Crippen molar-refractivity contribution < 1.29 is 4.79 Å². The molecular formula is C16H19N3O. The summed E-state index contributed by atoms with van der Waals surface area (Å²) in [6.07, 6.45) is 0. The molecular weight excluding hydrogens is 250 g/mol. The van der Waals surface area contributed by atoms with Crippen molar-refractivity contribution >= 4 is 23.0 Å². The van der Waals surface area contributed by atoms with Crippen molar-refractivity contribution in [2.45, 2.75) is 6.92 Å². The van der Waals surface area contributed by atoms with Gasteiger partial charge in [0.05, 0.1) is 0 Å². The van der Waals surface area contributed by atoms with Crippen LogP contribution >= 0.6 is 0 Å². The summed E-state index contributed by atoms with van der Waals surface area (Å²) >= 11 is 0. The summed E-state index contributed by atoms with van der Waals surface area (Å²) in [4.78, 5) is 14.3. The maximum Gasteiger partial charge on any atom is 0.255 e. The van der Waals surface area contributed by atoms with Crippen LogP contribution in [-0.4, -0.2) is 20.0 Å². The van der Waals surface area contributed by atoms with Crippen molar-refractivity contribution in [1.29, 1.82) is 0 Å². The van der Waals surface area contributed by atoms with Crippen LogP contribution in [0.4, 0.5) is 17.1 Å². The Morgan fingerprint density at radius 3 is 2.55 bits per heavy atom. The van der Waals surface area contributed by atoms with Gasteiger partial charge in [-0.1, -0.05) is 6.07 Å². The molecule has 0 radical (unpaired) electrons. The van der Waals surface area contributed by atoms with Gasteiger partial charge in [0.1, 0.15) is 0 Å². The third-order valence-corrected chi connectivity index (χ3v) is 3.12. The lowest BCUT2D eigenvalue weighted by atomic mass is 10.1. The summed E-state index contributed by atoms with van der Waals surface area (Å²) in [5.41, 5.74) is 9.67. The third kappa shape index (κ3) is 3.09. The Morgan fingerprint density at radius 2 is 1.90 bits per heavy atom. The maximum absolute atomic E-state index is 12.3. The predicted molar refractivity (Wildman–Crippen MR) is 84.3 cm³/mol. The highest BCUT2D eigenvalue weighted by atomic mass is 16.1. The second-order valence-corrected chi connectivity index (χ2v) is 4.97. The number of rotatable bonds is 3. The van der Waals surface area contributed by atoms with Crippen LogP contribution in [0.25, 0.3) is 0 Å². The molecule has 0 atom stereocenters. The van der Waals surface area contributed by atoms with E-state index < -0.39 is 0 Å². The number of nitrogens with two attached hydrogens (primary N) is 1. The lowest BCUT2D eigenvalue weighted by Gasteiger charge is -2.14. The van der Waals surface area contributed by atoms with Gasteiger partial charge >= 0.3 is 0 Å². The summed E-state index contributed by atoms with van der Waals surface area (Å²) in [6.45, 7) is 1.88. The van der Waals surface area contributed by atoms with E-state index in [0.717, 1.165) is 16.9 Å². The van der Waals surface area contributed by atoms with E-state index in [1.54, 1.807) is 18.2 Å². The minimum atomic E-state index is -0.126. The maximum atomic E-state index is 12.3. The van der Waals surface area contributed by atoms with Crippen molar-refractivity contribution in [3.8, 4) is 0 Å². The number of carbonyl (C=O) groups is 1. The summed E-state index contributed by atoms with van der Waals surface area (Å²) < 4.78 is 0. The van der Waals surface area contributed by atoms with Gasteiger partial charge in [0, 0.05) is 36.7 Å². The van der Waals surface area contributed by atoms with Gasteiger partial charge in [-0.3, -0.25) is 4.79 Å². The van der Waals surface area contributed by atoms with Crippen molar-refractivity contribution in [2.75, 3.05) is 30.0 Å². The number of nitrogen functional groups attached to an aromatic ring is 1. The fourth-order valence-corrected chi connectivity index (χ4v) is 2.00. The molecule has 4 nitrogen and oxygen atoms in total. The van der Waals surface area contributed by atoms with E-state index >= 15 is 0 Å². The average molecular weight is 269 g/mol. The summed E-state index contributed by atoms with van der Waals surface area (Å²) in [6, 6.07) is 13.0. The summed E-state index contributed by atoms with van der Waals surface area (Å²) in [7, 11) is 3.93. The molecule has 0 aliphatic carbocycles. The van der Waals surface area contributed by atoms with Crippen molar-refractivity contribution in [2.24, 2.45) is 0 Å². The molecule has 0 bridgehead atoms. The van der Waals surface area contributed by atoms with E-state index in [0.29, 0.717) is 11.3 Å². The minimum Gasteiger partial charge on any atom is -0.399 e. The molecule has 0 aromatic heterocycles. The predicted octanol–water partition coefficient (Wildman–Crippen LogP) is 2.90. The Bertz CT molecular complexity index is 635. The highest BCUT2D eigenvalue weighted by Crippen LogP contribution is 2.19. The molecule has 3 N–H and O–H groups in total. The molecule has 2 aromatic carbocycles. The van der Waals surface area contributed by atoms with Crippen molar-refractivity contribution in [3.63, 3.8) is 0 Å². The van der Waals surface area contributed by atoms with Gasteiger partial charge in [0.2, 0.25) is 0 Å². The molecule has 2 aromatic rings. The fourth-order valence-electron chi connectivity index (χ4n) is 2.00. The molecule has 1 amide bonds. The SMILES string of the molecule is Cc1cc(N)ccc1C(=O)Nc1cccc(N(C)C)c1.